The van der Waals surface area contributed by atoms with Crippen LogP contribution in [0.2, 0.25) is 0 Å². The maximum atomic E-state index is 11.6. The number of aliphatic carboxylic acids is 2. The van der Waals surface area contributed by atoms with E-state index in [2.05, 4.69) is 5.32 Å². The Hall–Kier alpha value is -1.67. The molecule has 1 saturated heterocycles. The first-order valence-corrected chi connectivity index (χ1v) is 5.45. The third kappa shape index (κ3) is 4.68. The van der Waals surface area contributed by atoms with Gasteiger partial charge in [-0.1, -0.05) is 0 Å². The highest BCUT2D eigenvalue weighted by Gasteiger charge is 2.27. The molecule has 0 aromatic carbocycles. The molecule has 18 heavy (non-hydrogen) atoms. The van der Waals surface area contributed by atoms with Crippen molar-refractivity contribution in [3.05, 3.63) is 0 Å². The number of nitrogens with one attached hydrogen (secondary N) is 1. The quantitative estimate of drug-likeness (QED) is 0.551. The molecule has 0 aromatic heterocycles. The van der Waals surface area contributed by atoms with Gasteiger partial charge < -0.3 is 25.0 Å². The number of carboxylic acids is 2. The van der Waals surface area contributed by atoms with Crippen LogP contribution in [0.1, 0.15) is 12.8 Å². The van der Waals surface area contributed by atoms with Gasteiger partial charge in [0, 0.05) is 6.42 Å². The summed E-state index contributed by atoms with van der Waals surface area (Å²) in [5.74, 6) is -3.00. The Morgan fingerprint density at radius 2 is 2.00 bits per heavy atom. The zero-order valence-corrected chi connectivity index (χ0v) is 9.63. The summed E-state index contributed by atoms with van der Waals surface area (Å²) in [7, 11) is 0. The molecule has 8 heteroatoms. The normalized spacial score (nSPS) is 21.0. The van der Waals surface area contributed by atoms with Gasteiger partial charge in [-0.3, -0.25) is 9.59 Å². The van der Waals surface area contributed by atoms with Gasteiger partial charge in [-0.15, -0.1) is 0 Å². The largest absolute Gasteiger partial charge is 0.481 e. The molecule has 3 N–H and O–H groups in total. The second-order valence-corrected chi connectivity index (χ2v) is 3.77. The highest BCUT2D eigenvalue weighted by Crippen LogP contribution is 2.04. The topological polar surface area (TPSA) is 122 Å². The fourth-order valence-electron chi connectivity index (χ4n) is 1.43. The van der Waals surface area contributed by atoms with E-state index in [0.717, 1.165) is 0 Å². The van der Waals surface area contributed by atoms with Crippen LogP contribution < -0.4 is 5.32 Å². The van der Waals surface area contributed by atoms with Crippen molar-refractivity contribution < 1.29 is 34.1 Å². The molecule has 1 unspecified atom stereocenters. The average molecular weight is 261 g/mol. The summed E-state index contributed by atoms with van der Waals surface area (Å²) < 4.78 is 10.1. The highest BCUT2D eigenvalue weighted by molar-refractivity contribution is 5.86. The molecule has 0 spiro atoms. The monoisotopic (exact) mass is 261 g/mol. The molecule has 1 aliphatic rings. The minimum absolute atomic E-state index is 0.0666. The van der Waals surface area contributed by atoms with Crippen molar-refractivity contribution in [3.8, 4) is 0 Å². The van der Waals surface area contributed by atoms with Crippen LogP contribution in [0, 0.1) is 0 Å². The zero-order valence-electron chi connectivity index (χ0n) is 9.63. The van der Waals surface area contributed by atoms with E-state index in [1.807, 2.05) is 0 Å². The standard InChI is InChI=1S/C10H15NO7/c12-8(13)2-1-6(10(15)16)11-9(14)7-5-17-3-4-18-7/h6-7H,1-5H2,(H,11,14)(H,12,13)(H,15,16)/t6-,7?/m0/s1. The Kier molecular flexibility index (Phi) is 5.53. The molecule has 8 nitrogen and oxygen atoms in total. The zero-order chi connectivity index (χ0) is 13.5. The predicted molar refractivity (Wildman–Crippen MR) is 57.0 cm³/mol. The third-order valence-corrected chi connectivity index (χ3v) is 2.37. The van der Waals surface area contributed by atoms with E-state index < -0.39 is 30.0 Å². The van der Waals surface area contributed by atoms with Crippen LogP contribution in [0.15, 0.2) is 0 Å². The van der Waals surface area contributed by atoms with Crippen molar-refractivity contribution in [2.45, 2.75) is 25.0 Å². The van der Waals surface area contributed by atoms with Crippen molar-refractivity contribution in [2.75, 3.05) is 19.8 Å². The molecular formula is C10H15NO7. The molecule has 0 aliphatic carbocycles. The molecule has 0 radical (unpaired) electrons. The fourth-order valence-corrected chi connectivity index (χ4v) is 1.43. The SMILES string of the molecule is O=C(O)CC[C@H](NC(=O)C1COCCO1)C(=O)O. The lowest BCUT2D eigenvalue weighted by Gasteiger charge is -2.23. The van der Waals surface area contributed by atoms with Gasteiger partial charge in [-0.25, -0.2) is 4.79 Å². The number of amides is 1. The van der Waals surface area contributed by atoms with E-state index in [-0.39, 0.29) is 26.1 Å². The fraction of sp³-hybridized carbons (Fsp3) is 0.700. The summed E-state index contributed by atoms with van der Waals surface area (Å²) in [6.45, 7) is 0.729. The molecule has 1 amide bonds. The maximum absolute atomic E-state index is 11.6. The van der Waals surface area contributed by atoms with Crippen LogP contribution in [0.4, 0.5) is 0 Å². The molecule has 0 saturated carbocycles. The second-order valence-electron chi connectivity index (χ2n) is 3.77. The Labute approximate surface area is 103 Å². The Balaban J connectivity index is 2.46. The first-order valence-electron chi connectivity index (χ1n) is 5.45. The van der Waals surface area contributed by atoms with E-state index in [1.54, 1.807) is 0 Å². The summed E-state index contributed by atoms with van der Waals surface area (Å²) >= 11 is 0. The summed E-state index contributed by atoms with van der Waals surface area (Å²) in [6.07, 6.45) is -1.35. The third-order valence-electron chi connectivity index (χ3n) is 2.37. The Bertz CT molecular complexity index is 324. The van der Waals surface area contributed by atoms with Gasteiger partial charge in [-0.05, 0) is 6.42 Å². The minimum Gasteiger partial charge on any atom is -0.481 e. The molecule has 1 fully saturated rings. The molecule has 102 valence electrons. The van der Waals surface area contributed by atoms with Crippen LogP contribution >= 0.6 is 0 Å². The van der Waals surface area contributed by atoms with Gasteiger partial charge >= 0.3 is 11.9 Å². The lowest BCUT2D eigenvalue weighted by atomic mass is 10.1. The molecule has 1 aliphatic heterocycles. The Morgan fingerprint density at radius 3 is 2.50 bits per heavy atom. The van der Waals surface area contributed by atoms with E-state index in [9.17, 15) is 14.4 Å². The van der Waals surface area contributed by atoms with Crippen LogP contribution in [-0.2, 0) is 23.9 Å². The lowest BCUT2D eigenvalue weighted by molar-refractivity contribution is -0.152. The van der Waals surface area contributed by atoms with E-state index >= 15 is 0 Å². The molecule has 0 aromatic rings. The number of hydrogen-bond donors (Lipinski definition) is 3. The molecular weight excluding hydrogens is 246 g/mol. The number of hydrogen-bond acceptors (Lipinski definition) is 5. The summed E-state index contributed by atoms with van der Waals surface area (Å²) in [5, 5.41) is 19.6. The summed E-state index contributed by atoms with van der Waals surface area (Å²) in [6, 6.07) is -1.24. The van der Waals surface area contributed by atoms with E-state index in [4.69, 9.17) is 19.7 Å². The van der Waals surface area contributed by atoms with Gasteiger partial charge in [0.25, 0.3) is 5.91 Å². The van der Waals surface area contributed by atoms with Crippen LogP contribution in [0.25, 0.3) is 0 Å². The predicted octanol–water partition coefficient (Wildman–Crippen LogP) is -1.16. The highest BCUT2D eigenvalue weighted by atomic mass is 16.6. The van der Waals surface area contributed by atoms with Gasteiger partial charge in [-0.2, -0.15) is 0 Å². The van der Waals surface area contributed by atoms with Gasteiger partial charge in [0.2, 0.25) is 0 Å². The van der Waals surface area contributed by atoms with Crippen molar-refractivity contribution in [1.82, 2.24) is 5.32 Å². The first-order chi connectivity index (χ1) is 8.50. The van der Waals surface area contributed by atoms with Crippen LogP contribution in [-0.4, -0.2) is 60.0 Å². The Morgan fingerprint density at radius 1 is 1.28 bits per heavy atom. The summed E-state index contributed by atoms with van der Waals surface area (Å²) in [4.78, 5) is 32.8. The molecule has 1 rings (SSSR count). The first kappa shape index (κ1) is 14.4. The van der Waals surface area contributed by atoms with Crippen molar-refractivity contribution in [1.29, 1.82) is 0 Å². The number of carboxylic acid groups (broad SMARTS) is 2. The minimum atomic E-state index is -1.28. The number of ether oxygens (including phenoxy) is 2. The van der Waals surface area contributed by atoms with Crippen molar-refractivity contribution in [2.24, 2.45) is 0 Å². The van der Waals surface area contributed by atoms with Crippen molar-refractivity contribution in [3.63, 3.8) is 0 Å². The van der Waals surface area contributed by atoms with Gasteiger partial charge in [0.15, 0.2) is 6.10 Å². The average Bonchev–Trinajstić information content (AvgIpc) is 2.34. The van der Waals surface area contributed by atoms with Gasteiger partial charge in [0.05, 0.1) is 19.8 Å². The second kappa shape index (κ2) is 6.92. The number of carbonyl (C=O) groups excluding carboxylic acids is 1. The van der Waals surface area contributed by atoms with E-state index in [0.29, 0.717) is 6.61 Å². The van der Waals surface area contributed by atoms with Gasteiger partial charge in [0.1, 0.15) is 6.04 Å². The number of carbonyl (C=O) groups is 3. The molecule has 1 heterocycles. The van der Waals surface area contributed by atoms with E-state index in [1.165, 1.54) is 0 Å². The van der Waals surface area contributed by atoms with Crippen LogP contribution in [0.3, 0.4) is 0 Å². The lowest BCUT2D eigenvalue weighted by Crippen LogP contribution is -2.49. The smallest absolute Gasteiger partial charge is 0.326 e. The summed E-state index contributed by atoms with van der Waals surface area (Å²) in [5.41, 5.74) is 0. The van der Waals surface area contributed by atoms with Crippen molar-refractivity contribution >= 4 is 17.8 Å². The number of rotatable bonds is 6. The van der Waals surface area contributed by atoms with Crippen LogP contribution in [0.5, 0.6) is 0 Å². The molecule has 2 atom stereocenters. The molecule has 0 bridgehead atoms. The maximum Gasteiger partial charge on any atom is 0.326 e.